The predicted octanol–water partition coefficient (Wildman–Crippen LogP) is -2.96. The largest absolute Gasteiger partial charge is 2.00 e. The van der Waals surface area contributed by atoms with Crippen LogP contribution in [0.1, 0.15) is 0 Å². The first-order valence-electron chi connectivity index (χ1n) is 0.667. The molecular weight excluding hydrogens is 168 g/mol. The molecular formula is O5Sr. The second-order valence-electron chi connectivity index (χ2n) is 0.204. The fourth-order valence-electron chi connectivity index (χ4n) is 0.0113. The Kier molecular flexibility index (Phi) is 16.4. The van der Waals surface area contributed by atoms with Crippen LogP contribution in [-0.4, -0.2) is 45.5 Å². The van der Waals surface area contributed by atoms with Crippen molar-refractivity contribution in [3.63, 3.8) is 0 Å². The summed E-state index contributed by atoms with van der Waals surface area (Å²) in [5.74, 6) is 0. The van der Waals surface area contributed by atoms with E-state index in [0.717, 1.165) is 0 Å². The van der Waals surface area contributed by atoms with Crippen LogP contribution in [0.15, 0.2) is 0 Å². The Hall–Kier alpha value is 1.28. The van der Waals surface area contributed by atoms with Gasteiger partial charge in [-0.25, -0.2) is 0 Å². The van der Waals surface area contributed by atoms with Crippen molar-refractivity contribution < 1.29 is 25.6 Å². The van der Waals surface area contributed by atoms with Crippen LogP contribution in [0.5, 0.6) is 0 Å². The molecule has 0 N–H and O–H groups in total. The molecule has 0 spiro atoms. The van der Waals surface area contributed by atoms with Crippen molar-refractivity contribution in [1.29, 1.82) is 0 Å². The second kappa shape index (κ2) is 9.56. The van der Waals surface area contributed by atoms with Crippen molar-refractivity contribution in [3.8, 4) is 0 Å². The van der Waals surface area contributed by atoms with Crippen molar-refractivity contribution in [1.82, 2.24) is 0 Å². The van der Waals surface area contributed by atoms with Crippen molar-refractivity contribution in [3.05, 3.63) is 0 Å². The quantitative estimate of drug-likeness (QED) is 0.250. The maximum Gasteiger partial charge on any atom is 2.00 e. The molecule has 6 heteroatoms. The van der Waals surface area contributed by atoms with E-state index in [0.29, 0.717) is 0 Å². The summed E-state index contributed by atoms with van der Waals surface area (Å²) in [6.07, 6.45) is 0. The number of rotatable bonds is 2. The standard InChI is InChI=1S/H2O5.Sr/c1-3-5-4-2;/h1-2H;/q;+2/p-2. The summed E-state index contributed by atoms with van der Waals surface area (Å²) in [5, 5.41) is 24.5. The van der Waals surface area contributed by atoms with E-state index in [9.17, 15) is 0 Å². The van der Waals surface area contributed by atoms with E-state index in [1.54, 1.807) is 0 Å². The molecule has 0 aliphatic heterocycles. The summed E-state index contributed by atoms with van der Waals surface area (Å²) in [5.41, 5.74) is 0. The minimum atomic E-state index is 0. The van der Waals surface area contributed by atoms with E-state index >= 15 is 0 Å². The van der Waals surface area contributed by atoms with Crippen LogP contribution in [-0.2, 0) is 15.1 Å². The van der Waals surface area contributed by atoms with Crippen LogP contribution >= 0.6 is 0 Å². The van der Waals surface area contributed by atoms with E-state index in [-0.39, 0.29) is 45.5 Å². The summed E-state index contributed by atoms with van der Waals surface area (Å²) in [6, 6.07) is 0. The van der Waals surface area contributed by atoms with Crippen molar-refractivity contribution in [2.24, 2.45) is 0 Å². The third-order valence-electron chi connectivity index (χ3n) is 0.0556. The van der Waals surface area contributed by atoms with E-state index in [2.05, 4.69) is 15.1 Å². The fourth-order valence-corrected chi connectivity index (χ4v) is 0.0113. The Balaban J connectivity index is 0. The van der Waals surface area contributed by atoms with Crippen LogP contribution in [0.4, 0.5) is 0 Å². The molecule has 32 valence electrons. The van der Waals surface area contributed by atoms with Gasteiger partial charge in [-0.3, -0.25) is 10.1 Å². The van der Waals surface area contributed by atoms with Gasteiger partial charge in [0.05, 0.1) is 0 Å². The summed E-state index contributed by atoms with van der Waals surface area (Å²) < 4.78 is 0. The minimum absolute atomic E-state index is 0. The number of hydrogen-bond acceptors (Lipinski definition) is 5. The van der Waals surface area contributed by atoms with E-state index < -0.39 is 0 Å². The van der Waals surface area contributed by atoms with Crippen molar-refractivity contribution in [2.75, 3.05) is 0 Å². The Morgan fingerprint density at radius 2 is 1.33 bits per heavy atom. The SMILES string of the molecule is [O-]OOO[O-].[Sr+2]. The molecule has 5 nitrogen and oxygen atoms in total. The van der Waals surface area contributed by atoms with Crippen LogP contribution in [0.2, 0.25) is 0 Å². The van der Waals surface area contributed by atoms with Gasteiger partial charge in [0.15, 0.2) is 0 Å². The Morgan fingerprint density at radius 3 is 1.33 bits per heavy atom. The van der Waals surface area contributed by atoms with Gasteiger partial charge < -0.3 is 10.5 Å². The molecule has 0 bridgehead atoms. The smallest absolute Gasteiger partial charge is 0.690 e. The first kappa shape index (κ1) is 10.3. The monoisotopic (exact) mass is 168 g/mol. The summed E-state index contributed by atoms with van der Waals surface area (Å²) in [7, 11) is 0. The molecule has 0 aromatic carbocycles. The summed E-state index contributed by atoms with van der Waals surface area (Å²) >= 11 is 0. The van der Waals surface area contributed by atoms with Crippen LogP contribution in [0, 0.1) is 0 Å². The molecule has 6 heavy (non-hydrogen) atoms. The van der Waals surface area contributed by atoms with Gasteiger partial charge in [-0.05, 0) is 0 Å². The van der Waals surface area contributed by atoms with Crippen LogP contribution in [0.25, 0.3) is 0 Å². The topological polar surface area (TPSA) is 73.8 Å². The van der Waals surface area contributed by atoms with Crippen LogP contribution < -0.4 is 10.5 Å². The molecule has 0 aliphatic rings. The summed E-state index contributed by atoms with van der Waals surface area (Å²) in [6.45, 7) is 0. The zero-order valence-electron chi connectivity index (χ0n) is 2.75. The minimum Gasteiger partial charge on any atom is -0.690 e. The van der Waals surface area contributed by atoms with Crippen LogP contribution in [0.3, 0.4) is 0 Å². The molecule has 0 aliphatic carbocycles. The third-order valence-corrected chi connectivity index (χ3v) is 0.0556. The van der Waals surface area contributed by atoms with Gasteiger partial charge in [-0.2, -0.15) is 0 Å². The van der Waals surface area contributed by atoms with Gasteiger partial charge in [0.25, 0.3) is 0 Å². The fraction of sp³-hybridized carbons (Fsp3) is 0. The average molecular weight is 168 g/mol. The van der Waals surface area contributed by atoms with E-state index in [1.807, 2.05) is 0 Å². The maximum absolute atomic E-state index is 8.48. The maximum atomic E-state index is 8.48. The molecule has 0 unspecified atom stereocenters. The zero-order valence-corrected chi connectivity index (χ0v) is 6.22. The van der Waals surface area contributed by atoms with E-state index in [4.69, 9.17) is 10.5 Å². The predicted molar refractivity (Wildman–Crippen MR) is 9.01 cm³/mol. The summed E-state index contributed by atoms with van der Waals surface area (Å²) in [4.78, 5) is 0. The second-order valence-corrected chi connectivity index (χ2v) is 0.204. The molecule has 0 aromatic heterocycles. The first-order chi connectivity index (χ1) is 2.41. The molecule has 0 fully saturated rings. The molecule has 0 aromatic rings. The van der Waals surface area contributed by atoms with Gasteiger partial charge in [0.2, 0.25) is 0 Å². The molecule has 0 rings (SSSR count). The van der Waals surface area contributed by atoms with Crippen molar-refractivity contribution >= 4 is 45.5 Å². The van der Waals surface area contributed by atoms with Gasteiger partial charge in [-0.1, -0.05) is 5.04 Å². The van der Waals surface area contributed by atoms with E-state index in [1.165, 1.54) is 0 Å². The molecule has 0 saturated heterocycles. The zero-order chi connectivity index (χ0) is 4.12. The third kappa shape index (κ3) is 8.99. The normalized spacial score (nSPS) is 7.00. The Bertz CT molecular complexity index is 11.4. The van der Waals surface area contributed by atoms with Gasteiger partial charge in [-0.15, -0.1) is 0 Å². The van der Waals surface area contributed by atoms with Gasteiger partial charge in [0, 0.05) is 0 Å². The Labute approximate surface area is 70.4 Å². The van der Waals surface area contributed by atoms with Crippen molar-refractivity contribution in [2.45, 2.75) is 0 Å². The molecule has 0 saturated carbocycles. The molecule has 0 amide bonds. The Morgan fingerprint density at radius 1 is 1.00 bits per heavy atom. The number of hydrogen-bond donors (Lipinski definition) is 0. The van der Waals surface area contributed by atoms with Gasteiger partial charge >= 0.3 is 45.5 Å². The average Bonchev–Trinajstić information content (AvgIpc) is 1.41. The van der Waals surface area contributed by atoms with Gasteiger partial charge in [0.1, 0.15) is 0 Å². The molecule has 0 atom stereocenters. The molecule has 0 heterocycles. The molecule has 0 radical (unpaired) electrons. The first-order valence-corrected chi connectivity index (χ1v) is 0.667.